The van der Waals surface area contributed by atoms with Crippen molar-refractivity contribution in [2.45, 2.75) is 87.3 Å². The van der Waals surface area contributed by atoms with E-state index in [0.717, 1.165) is 75.6 Å². The molecule has 9 nitrogen and oxygen atoms in total. The van der Waals surface area contributed by atoms with Crippen molar-refractivity contribution in [1.29, 1.82) is 0 Å². The van der Waals surface area contributed by atoms with E-state index in [1.165, 1.54) is 25.6 Å². The average Bonchev–Trinajstić information content (AvgIpc) is 3.63. The number of aromatic amines is 1. The van der Waals surface area contributed by atoms with Crippen LogP contribution in [0.1, 0.15) is 79.6 Å². The van der Waals surface area contributed by atoms with Crippen LogP contribution < -0.4 is 10.6 Å². The summed E-state index contributed by atoms with van der Waals surface area (Å²) in [4.78, 5) is 17.3. The third-order valence-corrected chi connectivity index (χ3v) is 11.7. The molecule has 5 aliphatic rings. The highest BCUT2D eigenvalue weighted by molar-refractivity contribution is 7.99. The summed E-state index contributed by atoms with van der Waals surface area (Å²) in [6.07, 6.45) is 9.00. The minimum Gasteiger partial charge on any atom is -0.392 e. The molecule has 4 aliphatic carbocycles. The lowest BCUT2D eigenvalue weighted by atomic mass is 9.53. The highest BCUT2D eigenvalue weighted by Crippen LogP contribution is 2.55. The van der Waals surface area contributed by atoms with Gasteiger partial charge in [0.2, 0.25) is 0 Å². The van der Waals surface area contributed by atoms with E-state index in [4.69, 9.17) is 9.47 Å². The molecule has 3 aromatic carbocycles. The van der Waals surface area contributed by atoms with Crippen molar-refractivity contribution >= 4 is 17.8 Å². The van der Waals surface area contributed by atoms with Gasteiger partial charge in [-0.15, -0.1) is 0 Å². The number of aliphatic hydroxyl groups excluding tert-OH is 1. The molecule has 4 saturated carbocycles. The molecule has 4 aromatic rings. The highest BCUT2D eigenvalue weighted by Gasteiger charge is 2.51. The van der Waals surface area contributed by atoms with Crippen LogP contribution in [0.2, 0.25) is 0 Å². The number of aliphatic hydroxyl groups is 1. The number of amides is 2. The number of thioether (sulfide) groups is 1. The van der Waals surface area contributed by atoms with Crippen LogP contribution in [0.4, 0.5) is 4.79 Å². The Morgan fingerprint density at radius 1 is 0.875 bits per heavy atom. The standard InChI is InChI=1S/C38H43N5O4S/c44-21-24-4-6-30(7-5-24)34-16-33(22-48-37-40-23-41-43-37)46-35(47-34)31-10-8-29(9-11-31)32-3-1-2-25(15-32)20-39-36(45)42-38-17-26-12-27(18-38)14-28(13-26)19-38/h1-11,15,23,26-28,33-35,44H,12-14,16-22H2,(H2,39,42,45)(H,40,41,43). The third-order valence-electron chi connectivity index (χ3n) is 10.7. The Balaban J connectivity index is 0.917. The molecule has 4 N–H and O–H groups in total. The molecule has 2 amide bonds. The van der Waals surface area contributed by atoms with Crippen molar-refractivity contribution in [3.05, 3.63) is 101 Å². The van der Waals surface area contributed by atoms with Gasteiger partial charge >= 0.3 is 6.03 Å². The zero-order valence-corrected chi connectivity index (χ0v) is 27.8. The maximum atomic E-state index is 13.0. The van der Waals surface area contributed by atoms with Crippen molar-refractivity contribution in [1.82, 2.24) is 25.8 Å². The molecule has 10 heteroatoms. The summed E-state index contributed by atoms with van der Waals surface area (Å²) in [6, 6.07) is 24.6. The first-order valence-electron chi connectivity index (χ1n) is 17.2. The number of carbonyl (C=O) groups is 1. The SMILES string of the molecule is O=C(NCc1cccc(-c2ccc(C3OC(CSc4ncn[nH]4)CC(c4ccc(CO)cc4)O3)cc2)c1)NC12CC3CC(CC(C3)C1)C2. The minimum absolute atomic E-state index is 0.00843. The van der Waals surface area contributed by atoms with E-state index in [2.05, 4.69) is 68.3 Å². The zero-order chi connectivity index (χ0) is 32.5. The molecule has 0 radical (unpaired) electrons. The molecule has 5 fully saturated rings. The van der Waals surface area contributed by atoms with Crippen LogP contribution in [0.15, 0.2) is 84.3 Å². The molecular formula is C38H43N5O4S. The fourth-order valence-corrected chi connectivity index (χ4v) is 9.68. The van der Waals surface area contributed by atoms with Gasteiger partial charge in [-0.1, -0.05) is 78.5 Å². The van der Waals surface area contributed by atoms with Crippen LogP contribution in [0.3, 0.4) is 0 Å². The van der Waals surface area contributed by atoms with E-state index in [1.807, 2.05) is 30.3 Å². The Kier molecular flexibility index (Phi) is 8.98. The number of rotatable bonds is 10. The number of nitrogens with one attached hydrogen (secondary N) is 3. The maximum Gasteiger partial charge on any atom is 0.315 e. The molecule has 250 valence electrons. The van der Waals surface area contributed by atoms with Crippen molar-refractivity contribution in [3.63, 3.8) is 0 Å². The Bertz CT molecular complexity index is 1660. The molecule has 1 saturated heterocycles. The first-order valence-corrected chi connectivity index (χ1v) is 18.2. The Labute approximate surface area is 285 Å². The summed E-state index contributed by atoms with van der Waals surface area (Å²) >= 11 is 1.58. The van der Waals surface area contributed by atoms with Gasteiger partial charge in [0.1, 0.15) is 6.33 Å². The van der Waals surface area contributed by atoms with E-state index in [9.17, 15) is 9.90 Å². The van der Waals surface area contributed by atoms with Crippen LogP contribution in [0, 0.1) is 17.8 Å². The number of aromatic nitrogens is 3. The molecule has 0 spiro atoms. The minimum atomic E-state index is -0.529. The monoisotopic (exact) mass is 665 g/mol. The van der Waals surface area contributed by atoms with Gasteiger partial charge in [-0.3, -0.25) is 5.10 Å². The fraction of sp³-hybridized carbons (Fsp3) is 0.447. The van der Waals surface area contributed by atoms with Gasteiger partial charge in [0, 0.05) is 29.8 Å². The van der Waals surface area contributed by atoms with Crippen molar-refractivity contribution in [3.8, 4) is 11.1 Å². The topological polar surface area (TPSA) is 121 Å². The summed E-state index contributed by atoms with van der Waals surface area (Å²) in [5.41, 5.74) is 6.13. The summed E-state index contributed by atoms with van der Waals surface area (Å²) < 4.78 is 13.0. The van der Waals surface area contributed by atoms with Crippen LogP contribution in [-0.4, -0.2) is 43.7 Å². The van der Waals surface area contributed by atoms with Crippen LogP contribution in [0.5, 0.6) is 0 Å². The summed E-state index contributed by atoms with van der Waals surface area (Å²) in [7, 11) is 0. The lowest BCUT2D eigenvalue weighted by Crippen LogP contribution is -2.61. The van der Waals surface area contributed by atoms with Crippen LogP contribution >= 0.6 is 11.8 Å². The van der Waals surface area contributed by atoms with E-state index < -0.39 is 6.29 Å². The number of nitrogens with zero attached hydrogens (tertiary/aromatic N) is 2. The average molecular weight is 666 g/mol. The molecule has 2 heterocycles. The second kappa shape index (κ2) is 13.7. The quantitative estimate of drug-likeness (QED) is 0.134. The Morgan fingerprint density at radius 2 is 1.60 bits per heavy atom. The number of carbonyl (C=O) groups excluding carboxylic acids is 1. The van der Waals surface area contributed by atoms with Gasteiger partial charge in [0.05, 0.1) is 18.8 Å². The predicted octanol–water partition coefficient (Wildman–Crippen LogP) is 7.07. The largest absolute Gasteiger partial charge is 0.392 e. The van der Waals surface area contributed by atoms with Crippen molar-refractivity contribution in [2.75, 3.05) is 5.75 Å². The van der Waals surface area contributed by atoms with Crippen LogP contribution in [-0.2, 0) is 22.6 Å². The smallest absolute Gasteiger partial charge is 0.315 e. The molecule has 4 bridgehead atoms. The summed E-state index contributed by atoms with van der Waals surface area (Å²) in [5, 5.41) is 23.7. The fourth-order valence-electron chi connectivity index (χ4n) is 8.88. The van der Waals surface area contributed by atoms with E-state index in [0.29, 0.717) is 18.7 Å². The lowest BCUT2D eigenvalue weighted by molar-refractivity contribution is -0.245. The first-order chi connectivity index (χ1) is 23.5. The second-order valence-electron chi connectivity index (χ2n) is 14.3. The van der Waals surface area contributed by atoms with Gasteiger partial charge in [-0.2, -0.15) is 5.10 Å². The molecule has 1 aliphatic heterocycles. The summed E-state index contributed by atoms with van der Waals surface area (Å²) in [5.74, 6) is 3.10. The Hall–Kier alpha value is -3.70. The van der Waals surface area contributed by atoms with E-state index in [1.54, 1.807) is 11.8 Å². The van der Waals surface area contributed by atoms with Gasteiger partial charge in [0.25, 0.3) is 0 Å². The van der Waals surface area contributed by atoms with Crippen LogP contribution in [0.25, 0.3) is 11.1 Å². The number of hydrogen-bond acceptors (Lipinski definition) is 7. The lowest BCUT2D eigenvalue weighted by Gasteiger charge is -2.56. The highest BCUT2D eigenvalue weighted by atomic mass is 32.2. The summed E-state index contributed by atoms with van der Waals surface area (Å²) in [6.45, 7) is 0.499. The predicted molar refractivity (Wildman–Crippen MR) is 184 cm³/mol. The first kappa shape index (κ1) is 31.6. The second-order valence-corrected chi connectivity index (χ2v) is 15.3. The van der Waals surface area contributed by atoms with Gasteiger partial charge < -0.3 is 25.2 Å². The number of hydrogen-bond donors (Lipinski definition) is 4. The number of H-pyrrole nitrogens is 1. The Morgan fingerprint density at radius 3 is 2.29 bits per heavy atom. The normalized spacial score (nSPS) is 29.1. The van der Waals surface area contributed by atoms with Crippen molar-refractivity contribution < 1.29 is 19.4 Å². The number of benzene rings is 3. The van der Waals surface area contributed by atoms with Gasteiger partial charge in [-0.05, 0) is 90.2 Å². The zero-order valence-electron chi connectivity index (χ0n) is 27.0. The van der Waals surface area contributed by atoms with Crippen molar-refractivity contribution in [2.24, 2.45) is 17.8 Å². The maximum absolute atomic E-state index is 13.0. The molecule has 3 unspecified atom stereocenters. The van der Waals surface area contributed by atoms with Gasteiger partial charge in [-0.25, -0.2) is 9.78 Å². The molecule has 3 atom stereocenters. The van der Waals surface area contributed by atoms with E-state index >= 15 is 0 Å². The molecule has 1 aromatic heterocycles. The third kappa shape index (κ3) is 7.03. The van der Waals surface area contributed by atoms with E-state index in [-0.39, 0.29) is 30.4 Å². The van der Waals surface area contributed by atoms with Gasteiger partial charge in [0.15, 0.2) is 11.4 Å². The molecular weight excluding hydrogens is 623 g/mol. The number of urea groups is 1. The molecule has 48 heavy (non-hydrogen) atoms. The molecule has 9 rings (SSSR count). The number of ether oxygens (including phenoxy) is 2.